The average molecular weight is 261 g/mol. The van der Waals surface area contributed by atoms with Crippen molar-refractivity contribution in [2.24, 2.45) is 0 Å². The first kappa shape index (κ1) is 13.7. The third kappa shape index (κ3) is 3.19. The average Bonchev–Trinajstić information content (AvgIpc) is 2.38. The second kappa shape index (κ2) is 5.51. The fourth-order valence-corrected chi connectivity index (χ4v) is 2.78. The number of rotatable bonds is 3. The van der Waals surface area contributed by atoms with Crippen molar-refractivity contribution in [2.75, 3.05) is 18.1 Å². The molecule has 1 fully saturated rings. The molecule has 2 rings (SSSR count). The minimum absolute atomic E-state index is 0.0643. The number of carbonyl (C=O) groups excluding carboxylic acids is 1. The molecule has 0 radical (unpaired) electrons. The van der Waals surface area contributed by atoms with Gasteiger partial charge in [0.25, 0.3) is 5.91 Å². The predicted molar refractivity (Wildman–Crippen MR) is 79.4 cm³/mol. The van der Waals surface area contributed by atoms with Gasteiger partial charge in [-0.25, -0.2) is 0 Å². The molecular formula is C15H23N3O. The molecule has 0 atom stereocenters. The predicted octanol–water partition coefficient (Wildman–Crippen LogP) is 2.76. The maximum Gasteiger partial charge on any atom is 0.253 e. The zero-order valence-corrected chi connectivity index (χ0v) is 11.8. The number of benzene rings is 1. The number of nitrogens with one attached hydrogen (secondary N) is 2. The molecule has 1 aliphatic rings. The van der Waals surface area contributed by atoms with Crippen molar-refractivity contribution in [1.29, 1.82) is 0 Å². The molecule has 0 bridgehead atoms. The summed E-state index contributed by atoms with van der Waals surface area (Å²) < 4.78 is 0. The number of anilines is 2. The van der Waals surface area contributed by atoms with Gasteiger partial charge in [0, 0.05) is 24.0 Å². The van der Waals surface area contributed by atoms with Crippen LogP contribution in [0.3, 0.4) is 0 Å². The van der Waals surface area contributed by atoms with Crippen LogP contribution < -0.4 is 16.4 Å². The summed E-state index contributed by atoms with van der Waals surface area (Å²) in [5, 5.41) is 6.21. The highest BCUT2D eigenvalue weighted by molar-refractivity contribution is 6.00. The Morgan fingerprint density at radius 2 is 1.95 bits per heavy atom. The summed E-state index contributed by atoms with van der Waals surface area (Å²) in [6, 6.07) is 5.39. The van der Waals surface area contributed by atoms with Crippen molar-refractivity contribution >= 4 is 17.3 Å². The van der Waals surface area contributed by atoms with E-state index in [1.165, 1.54) is 19.3 Å². The fourth-order valence-electron chi connectivity index (χ4n) is 2.78. The van der Waals surface area contributed by atoms with Gasteiger partial charge in [-0.15, -0.1) is 0 Å². The monoisotopic (exact) mass is 261 g/mol. The Kier molecular flexibility index (Phi) is 3.98. The fraction of sp³-hybridized carbons (Fsp3) is 0.533. The van der Waals surface area contributed by atoms with Crippen LogP contribution in [0.25, 0.3) is 0 Å². The van der Waals surface area contributed by atoms with Crippen molar-refractivity contribution in [3.8, 4) is 0 Å². The molecule has 4 heteroatoms. The van der Waals surface area contributed by atoms with Gasteiger partial charge in [0.15, 0.2) is 0 Å². The first-order valence-corrected chi connectivity index (χ1v) is 6.94. The number of carbonyl (C=O) groups is 1. The molecule has 1 saturated carbocycles. The van der Waals surface area contributed by atoms with Gasteiger partial charge in [0.2, 0.25) is 0 Å². The Balaban J connectivity index is 2.27. The minimum Gasteiger partial charge on any atom is -0.399 e. The Labute approximate surface area is 114 Å². The highest BCUT2D eigenvalue weighted by Crippen LogP contribution is 2.33. The highest BCUT2D eigenvalue weighted by Gasteiger charge is 2.27. The molecule has 0 saturated heterocycles. The molecule has 1 amide bonds. The van der Waals surface area contributed by atoms with Gasteiger partial charge in [-0.2, -0.15) is 0 Å². The van der Waals surface area contributed by atoms with Crippen LogP contribution in [0, 0.1) is 0 Å². The lowest BCUT2D eigenvalue weighted by Gasteiger charge is -2.36. The molecule has 0 unspecified atom stereocenters. The molecular weight excluding hydrogens is 238 g/mol. The summed E-state index contributed by atoms with van der Waals surface area (Å²) in [5.41, 5.74) is 8.08. The van der Waals surface area contributed by atoms with Gasteiger partial charge >= 0.3 is 0 Å². The number of nitrogens with two attached hydrogens (primary N) is 1. The second-order valence-corrected chi connectivity index (χ2v) is 5.63. The van der Waals surface area contributed by atoms with Crippen molar-refractivity contribution in [1.82, 2.24) is 5.32 Å². The Hall–Kier alpha value is -1.71. The van der Waals surface area contributed by atoms with Crippen molar-refractivity contribution in [2.45, 2.75) is 44.6 Å². The molecule has 0 heterocycles. The summed E-state index contributed by atoms with van der Waals surface area (Å²) in [6.07, 6.45) is 6.04. The minimum atomic E-state index is -0.0816. The van der Waals surface area contributed by atoms with Crippen LogP contribution in [0.15, 0.2) is 18.2 Å². The standard InChI is InChI=1S/C15H23N3O/c1-15(8-4-3-5-9-15)18-13-10-11(16)6-7-12(13)14(19)17-2/h6-7,10,18H,3-5,8-9,16H2,1-2H3,(H,17,19). The van der Waals surface area contributed by atoms with Crippen molar-refractivity contribution < 1.29 is 4.79 Å². The lowest BCUT2D eigenvalue weighted by atomic mass is 9.83. The molecule has 4 N–H and O–H groups in total. The van der Waals surface area contributed by atoms with E-state index in [9.17, 15) is 4.79 Å². The second-order valence-electron chi connectivity index (χ2n) is 5.63. The molecule has 19 heavy (non-hydrogen) atoms. The molecule has 4 nitrogen and oxygen atoms in total. The zero-order valence-electron chi connectivity index (χ0n) is 11.8. The van der Waals surface area contributed by atoms with E-state index in [0.29, 0.717) is 11.3 Å². The van der Waals surface area contributed by atoms with E-state index in [4.69, 9.17) is 5.73 Å². The SMILES string of the molecule is CNC(=O)c1ccc(N)cc1NC1(C)CCCCC1. The molecule has 1 aliphatic carbocycles. The van der Waals surface area contributed by atoms with E-state index in [0.717, 1.165) is 18.5 Å². The molecule has 1 aromatic rings. The maximum atomic E-state index is 11.9. The van der Waals surface area contributed by atoms with Crippen LogP contribution in [0.5, 0.6) is 0 Å². The zero-order chi connectivity index (χ0) is 13.9. The summed E-state index contributed by atoms with van der Waals surface area (Å²) in [7, 11) is 1.64. The van der Waals surface area contributed by atoms with E-state index in [1.54, 1.807) is 19.2 Å². The lowest BCUT2D eigenvalue weighted by Crippen LogP contribution is -2.37. The summed E-state index contributed by atoms with van der Waals surface area (Å²) in [5.74, 6) is -0.0816. The Morgan fingerprint density at radius 3 is 2.58 bits per heavy atom. The van der Waals surface area contributed by atoms with Gasteiger partial charge in [-0.1, -0.05) is 19.3 Å². The van der Waals surface area contributed by atoms with Gasteiger partial charge in [0.05, 0.1) is 5.56 Å². The van der Waals surface area contributed by atoms with Crippen LogP contribution in [-0.4, -0.2) is 18.5 Å². The van der Waals surface area contributed by atoms with E-state index < -0.39 is 0 Å². The molecule has 0 aromatic heterocycles. The van der Waals surface area contributed by atoms with Crippen LogP contribution in [0.1, 0.15) is 49.4 Å². The van der Waals surface area contributed by atoms with Gasteiger partial charge < -0.3 is 16.4 Å². The first-order valence-electron chi connectivity index (χ1n) is 6.94. The topological polar surface area (TPSA) is 67.2 Å². The Bertz CT molecular complexity index is 464. The maximum absolute atomic E-state index is 11.9. The smallest absolute Gasteiger partial charge is 0.253 e. The number of nitrogen functional groups attached to an aromatic ring is 1. The van der Waals surface area contributed by atoms with Crippen LogP contribution in [0.2, 0.25) is 0 Å². The quantitative estimate of drug-likeness (QED) is 0.733. The largest absolute Gasteiger partial charge is 0.399 e. The summed E-state index contributed by atoms with van der Waals surface area (Å²) in [4.78, 5) is 11.9. The highest BCUT2D eigenvalue weighted by atomic mass is 16.1. The Morgan fingerprint density at radius 1 is 1.26 bits per heavy atom. The van der Waals surface area contributed by atoms with Crippen LogP contribution in [0.4, 0.5) is 11.4 Å². The normalized spacial score (nSPS) is 17.8. The molecule has 0 aliphatic heterocycles. The van der Waals surface area contributed by atoms with Crippen molar-refractivity contribution in [3.05, 3.63) is 23.8 Å². The van der Waals surface area contributed by atoms with Crippen LogP contribution >= 0.6 is 0 Å². The molecule has 0 spiro atoms. The van der Waals surface area contributed by atoms with E-state index in [-0.39, 0.29) is 11.4 Å². The number of amides is 1. The van der Waals surface area contributed by atoms with Crippen LogP contribution in [-0.2, 0) is 0 Å². The first-order chi connectivity index (χ1) is 9.04. The van der Waals surface area contributed by atoms with Gasteiger partial charge in [0.1, 0.15) is 0 Å². The van der Waals surface area contributed by atoms with E-state index in [2.05, 4.69) is 17.6 Å². The van der Waals surface area contributed by atoms with Gasteiger partial charge in [-0.05, 0) is 38.0 Å². The third-order valence-corrected chi connectivity index (χ3v) is 3.91. The number of hydrogen-bond acceptors (Lipinski definition) is 3. The van der Waals surface area contributed by atoms with E-state index in [1.807, 2.05) is 6.07 Å². The molecule has 104 valence electrons. The summed E-state index contributed by atoms with van der Waals surface area (Å²) >= 11 is 0. The number of hydrogen-bond donors (Lipinski definition) is 3. The molecule has 1 aromatic carbocycles. The third-order valence-electron chi connectivity index (χ3n) is 3.91. The van der Waals surface area contributed by atoms with Crippen molar-refractivity contribution in [3.63, 3.8) is 0 Å². The van der Waals surface area contributed by atoms with Gasteiger partial charge in [-0.3, -0.25) is 4.79 Å². The lowest BCUT2D eigenvalue weighted by molar-refractivity contribution is 0.0964. The van der Waals surface area contributed by atoms with E-state index >= 15 is 0 Å². The summed E-state index contributed by atoms with van der Waals surface area (Å²) in [6.45, 7) is 2.23.